The lowest BCUT2D eigenvalue weighted by Crippen LogP contribution is -2.17. The number of hydrogen-bond acceptors (Lipinski definition) is 2. The molecule has 0 aliphatic heterocycles. The van der Waals surface area contributed by atoms with E-state index in [1.165, 1.54) is 22.3 Å². The SMILES string of the molecule is OC1Cc2ccccc2C1c1ccc(C2c3ccccc3CC2O)[nH]1. The molecule has 0 amide bonds. The molecule has 3 heteroatoms. The fourth-order valence-electron chi connectivity index (χ4n) is 4.69. The molecule has 5 rings (SSSR count). The molecule has 0 bridgehead atoms. The molecule has 3 N–H and O–H groups in total. The van der Waals surface area contributed by atoms with Crippen LogP contribution in [0.2, 0.25) is 0 Å². The van der Waals surface area contributed by atoms with Gasteiger partial charge in [-0.05, 0) is 47.2 Å². The van der Waals surface area contributed by atoms with Crippen LogP contribution >= 0.6 is 0 Å². The van der Waals surface area contributed by atoms with Crippen LogP contribution < -0.4 is 0 Å². The van der Waals surface area contributed by atoms with Crippen molar-refractivity contribution < 1.29 is 10.2 Å². The zero-order valence-electron chi connectivity index (χ0n) is 13.9. The Kier molecular flexibility index (Phi) is 3.34. The van der Waals surface area contributed by atoms with E-state index in [-0.39, 0.29) is 11.8 Å². The summed E-state index contributed by atoms with van der Waals surface area (Å²) in [6.07, 6.45) is 0.600. The molecule has 3 nitrogen and oxygen atoms in total. The third kappa shape index (κ3) is 2.27. The van der Waals surface area contributed by atoms with Crippen molar-refractivity contribution >= 4 is 0 Å². The van der Waals surface area contributed by atoms with Crippen molar-refractivity contribution in [3.8, 4) is 0 Å². The first-order chi connectivity index (χ1) is 12.2. The molecule has 126 valence electrons. The average Bonchev–Trinajstić information content (AvgIpc) is 3.27. The van der Waals surface area contributed by atoms with Gasteiger partial charge < -0.3 is 15.2 Å². The van der Waals surface area contributed by atoms with E-state index in [1.54, 1.807) is 0 Å². The van der Waals surface area contributed by atoms with Crippen LogP contribution in [0, 0.1) is 0 Å². The number of rotatable bonds is 2. The number of benzene rings is 2. The Morgan fingerprint density at radius 3 is 1.56 bits per heavy atom. The van der Waals surface area contributed by atoms with Crippen LogP contribution in [0.5, 0.6) is 0 Å². The molecule has 25 heavy (non-hydrogen) atoms. The van der Waals surface area contributed by atoms with E-state index >= 15 is 0 Å². The normalized spacial score (nSPS) is 27.3. The van der Waals surface area contributed by atoms with Gasteiger partial charge >= 0.3 is 0 Å². The van der Waals surface area contributed by atoms with E-state index in [9.17, 15) is 10.2 Å². The molecule has 4 atom stereocenters. The predicted octanol–water partition coefficient (Wildman–Crippen LogP) is 3.11. The van der Waals surface area contributed by atoms with Crippen molar-refractivity contribution in [1.29, 1.82) is 0 Å². The topological polar surface area (TPSA) is 56.2 Å². The van der Waals surface area contributed by atoms with Crippen LogP contribution in [0.1, 0.15) is 45.5 Å². The lowest BCUT2D eigenvalue weighted by Gasteiger charge is -2.17. The Morgan fingerprint density at radius 1 is 0.640 bits per heavy atom. The van der Waals surface area contributed by atoms with Crippen molar-refractivity contribution in [2.45, 2.75) is 36.9 Å². The van der Waals surface area contributed by atoms with Crippen molar-refractivity contribution in [1.82, 2.24) is 4.98 Å². The molecule has 2 aliphatic carbocycles. The third-order valence-corrected chi connectivity index (χ3v) is 5.81. The first-order valence-electron chi connectivity index (χ1n) is 8.93. The summed E-state index contributed by atoms with van der Waals surface area (Å²) in [7, 11) is 0. The fraction of sp³-hybridized carbons (Fsp3) is 0.273. The van der Waals surface area contributed by atoms with E-state index in [2.05, 4.69) is 41.4 Å². The summed E-state index contributed by atoms with van der Waals surface area (Å²) in [6.45, 7) is 0. The van der Waals surface area contributed by atoms with Gasteiger partial charge in [0.05, 0.1) is 24.0 Å². The standard InChI is InChI=1S/C22H21NO2/c24-19-11-13-5-1-3-7-15(13)21(19)17-9-10-18(23-17)22-16-8-4-2-6-14(16)12-20(22)25/h1-10,19-25H,11-12H2. The van der Waals surface area contributed by atoms with Crippen molar-refractivity contribution in [2.24, 2.45) is 0 Å². The Bertz CT molecular complexity index is 855. The second-order valence-corrected chi connectivity index (χ2v) is 7.26. The number of hydrogen-bond donors (Lipinski definition) is 3. The Morgan fingerprint density at radius 2 is 1.08 bits per heavy atom. The molecule has 2 aliphatic rings. The summed E-state index contributed by atoms with van der Waals surface area (Å²) in [5, 5.41) is 21.2. The minimum atomic E-state index is -0.398. The highest BCUT2D eigenvalue weighted by molar-refractivity contribution is 5.46. The van der Waals surface area contributed by atoms with Gasteiger partial charge in [0.15, 0.2) is 0 Å². The highest BCUT2D eigenvalue weighted by Crippen LogP contribution is 2.41. The Hall–Kier alpha value is -2.36. The van der Waals surface area contributed by atoms with Gasteiger partial charge in [0, 0.05) is 11.4 Å². The van der Waals surface area contributed by atoms with Gasteiger partial charge in [0.25, 0.3) is 0 Å². The molecule has 0 saturated carbocycles. The number of fused-ring (bicyclic) bond motifs is 2. The minimum Gasteiger partial charge on any atom is -0.392 e. The van der Waals surface area contributed by atoms with Gasteiger partial charge in [-0.3, -0.25) is 0 Å². The molecule has 1 aromatic heterocycles. The molecule has 3 aromatic rings. The van der Waals surface area contributed by atoms with Crippen LogP contribution in [0.25, 0.3) is 0 Å². The van der Waals surface area contributed by atoms with E-state index in [0.29, 0.717) is 12.8 Å². The molecular weight excluding hydrogens is 310 g/mol. The number of H-pyrrole nitrogens is 1. The Labute approximate surface area is 147 Å². The smallest absolute Gasteiger partial charge is 0.0704 e. The molecule has 0 fully saturated rings. The highest BCUT2D eigenvalue weighted by Gasteiger charge is 2.36. The van der Waals surface area contributed by atoms with Gasteiger partial charge in [0.1, 0.15) is 0 Å². The molecular formula is C22H21NO2. The van der Waals surface area contributed by atoms with Crippen molar-refractivity contribution in [3.05, 3.63) is 94.3 Å². The molecule has 4 unspecified atom stereocenters. The number of aliphatic hydroxyl groups is 2. The van der Waals surface area contributed by atoms with E-state index in [4.69, 9.17) is 0 Å². The van der Waals surface area contributed by atoms with Crippen LogP contribution in [0.15, 0.2) is 60.7 Å². The van der Waals surface area contributed by atoms with Crippen LogP contribution in [0.4, 0.5) is 0 Å². The molecule has 0 spiro atoms. The molecule has 1 heterocycles. The minimum absolute atomic E-state index is 0.0151. The predicted molar refractivity (Wildman–Crippen MR) is 96.8 cm³/mol. The lowest BCUT2D eigenvalue weighted by molar-refractivity contribution is 0.166. The highest BCUT2D eigenvalue weighted by atomic mass is 16.3. The number of aromatic nitrogens is 1. The quantitative estimate of drug-likeness (QED) is 0.676. The molecule has 0 saturated heterocycles. The second kappa shape index (κ2) is 5.58. The number of nitrogens with one attached hydrogen (secondary N) is 1. The van der Waals surface area contributed by atoms with Gasteiger partial charge in [-0.1, -0.05) is 48.5 Å². The van der Waals surface area contributed by atoms with Gasteiger partial charge in [-0.25, -0.2) is 0 Å². The van der Waals surface area contributed by atoms with E-state index < -0.39 is 12.2 Å². The van der Waals surface area contributed by atoms with E-state index in [0.717, 1.165) is 11.4 Å². The maximum absolute atomic E-state index is 10.6. The summed E-state index contributed by atoms with van der Waals surface area (Å²) >= 11 is 0. The summed E-state index contributed by atoms with van der Waals surface area (Å²) in [6, 6.07) is 20.7. The monoisotopic (exact) mass is 331 g/mol. The van der Waals surface area contributed by atoms with Crippen LogP contribution in [-0.4, -0.2) is 27.4 Å². The van der Waals surface area contributed by atoms with Crippen molar-refractivity contribution in [2.75, 3.05) is 0 Å². The van der Waals surface area contributed by atoms with Crippen molar-refractivity contribution in [3.63, 3.8) is 0 Å². The average molecular weight is 331 g/mol. The maximum Gasteiger partial charge on any atom is 0.0704 e. The summed E-state index contributed by atoms with van der Waals surface area (Å²) in [5.41, 5.74) is 6.92. The summed E-state index contributed by atoms with van der Waals surface area (Å²) in [4.78, 5) is 3.52. The lowest BCUT2D eigenvalue weighted by atomic mass is 9.96. The molecule has 2 aromatic carbocycles. The zero-order valence-corrected chi connectivity index (χ0v) is 13.9. The first kappa shape index (κ1) is 14.9. The first-order valence-corrected chi connectivity index (χ1v) is 8.93. The number of aromatic amines is 1. The Balaban J connectivity index is 1.53. The van der Waals surface area contributed by atoms with Crippen LogP contribution in [0.3, 0.4) is 0 Å². The zero-order chi connectivity index (χ0) is 17.0. The van der Waals surface area contributed by atoms with Gasteiger partial charge in [0.2, 0.25) is 0 Å². The maximum atomic E-state index is 10.6. The van der Waals surface area contributed by atoms with Gasteiger partial charge in [-0.2, -0.15) is 0 Å². The largest absolute Gasteiger partial charge is 0.392 e. The van der Waals surface area contributed by atoms with E-state index in [1.807, 2.05) is 24.3 Å². The van der Waals surface area contributed by atoms with Gasteiger partial charge in [-0.15, -0.1) is 0 Å². The number of aliphatic hydroxyl groups excluding tert-OH is 2. The summed E-state index contributed by atoms with van der Waals surface area (Å²) in [5.74, 6) is -0.0301. The second-order valence-electron chi connectivity index (χ2n) is 7.26. The third-order valence-electron chi connectivity index (χ3n) is 5.81. The fourth-order valence-corrected chi connectivity index (χ4v) is 4.69. The van der Waals surface area contributed by atoms with Crippen LogP contribution in [-0.2, 0) is 12.8 Å². The molecule has 0 radical (unpaired) electrons. The summed E-state index contributed by atoms with van der Waals surface area (Å²) < 4.78 is 0.